The van der Waals surface area contributed by atoms with Crippen LogP contribution in [0.2, 0.25) is 0 Å². The number of carbonyl (C=O) groups is 2. The summed E-state index contributed by atoms with van der Waals surface area (Å²) in [5.41, 5.74) is 3.92. The van der Waals surface area contributed by atoms with Gasteiger partial charge >= 0.3 is 0 Å². The first-order chi connectivity index (χ1) is 12.5. The first-order valence-electron chi connectivity index (χ1n) is 7.94. The molecule has 0 saturated carbocycles. The van der Waals surface area contributed by atoms with Gasteiger partial charge in [-0.05, 0) is 31.2 Å². The van der Waals surface area contributed by atoms with Gasteiger partial charge in [0.15, 0.2) is 0 Å². The van der Waals surface area contributed by atoms with Crippen molar-refractivity contribution in [2.45, 2.75) is 13.3 Å². The van der Waals surface area contributed by atoms with Crippen LogP contribution in [-0.4, -0.2) is 31.7 Å². The second-order valence-electron chi connectivity index (χ2n) is 5.45. The normalized spacial score (nSPS) is 10.8. The van der Waals surface area contributed by atoms with Gasteiger partial charge in [-0.25, -0.2) is 5.43 Å². The van der Waals surface area contributed by atoms with Gasteiger partial charge < -0.3 is 14.8 Å². The van der Waals surface area contributed by atoms with E-state index in [9.17, 15) is 9.59 Å². The average Bonchev–Trinajstić information content (AvgIpc) is 2.66. The summed E-state index contributed by atoms with van der Waals surface area (Å²) in [5, 5.41) is 6.73. The molecule has 0 unspecified atom stereocenters. The predicted octanol–water partition coefficient (Wildman–Crippen LogP) is 2.84. The fourth-order valence-electron chi connectivity index (χ4n) is 2.19. The number of anilines is 1. The van der Waals surface area contributed by atoms with Crippen LogP contribution in [0.15, 0.2) is 53.6 Å². The molecule has 0 aliphatic rings. The molecule has 2 aromatic rings. The maximum absolute atomic E-state index is 12.3. The predicted molar refractivity (Wildman–Crippen MR) is 99.8 cm³/mol. The molecule has 0 saturated heterocycles. The molecule has 2 amide bonds. The van der Waals surface area contributed by atoms with E-state index in [0.29, 0.717) is 28.5 Å². The van der Waals surface area contributed by atoms with Crippen LogP contribution in [-0.2, 0) is 4.79 Å². The third kappa shape index (κ3) is 5.34. The molecule has 26 heavy (non-hydrogen) atoms. The van der Waals surface area contributed by atoms with Gasteiger partial charge in [-0.3, -0.25) is 9.59 Å². The molecule has 0 spiro atoms. The summed E-state index contributed by atoms with van der Waals surface area (Å²) in [5.74, 6) is 0.299. The topological polar surface area (TPSA) is 89.0 Å². The molecule has 0 bridgehead atoms. The number of carbonyl (C=O) groups excluding carboxylic acids is 2. The maximum Gasteiger partial charge on any atom is 0.275 e. The van der Waals surface area contributed by atoms with Crippen LogP contribution >= 0.6 is 0 Å². The number of nitrogens with one attached hydrogen (secondary N) is 2. The van der Waals surface area contributed by atoms with E-state index in [4.69, 9.17) is 9.47 Å². The number of benzene rings is 2. The lowest BCUT2D eigenvalue weighted by Gasteiger charge is -2.09. The SMILES string of the molecule is COc1ccc(C(=O)NN=C(C)CC(=O)Nc2ccccc2)c(OC)c1. The summed E-state index contributed by atoms with van der Waals surface area (Å²) in [6.07, 6.45) is 0.0644. The van der Waals surface area contributed by atoms with E-state index >= 15 is 0 Å². The van der Waals surface area contributed by atoms with E-state index in [1.165, 1.54) is 14.2 Å². The average molecular weight is 355 g/mol. The molecule has 0 heterocycles. The van der Waals surface area contributed by atoms with Gasteiger partial charge in [0.2, 0.25) is 5.91 Å². The standard InChI is InChI=1S/C19H21N3O4/c1-13(11-18(23)20-14-7-5-4-6-8-14)21-22-19(24)16-10-9-15(25-2)12-17(16)26-3/h4-10,12H,11H2,1-3H3,(H,20,23)(H,22,24). The highest BCUT2D eigenvalue weighted by atomic mass is 16.5. The summed E-state index contributed by atoms with van der Waals surface area (Å²) in [6, 6.07) is 14.0. The Hall–Kier alpha value is -3.35. The number of hydrogen-bond acceptors (Lipinski definition) is 5. The third-order valence-corrected chi connectivity index (χ3v) is 3.48. The van der Waals surface area contributed by atoms with Crippen LogP contribution in [0.25, 0.3) is 0 Å². The van der Waals surface area contributed by atoms with Crippen LogP contribution in [0, 0.1) is 0 Å². The van der Waals surface area contributed by atoms with Gasteiger partial charge in [-0.2, -0.15) is 5.10 Å². The molecule has 0 aliphatic heterocycles. The van der Waals surface area contributed by atoms with Crippen molar-refractivity contribution >= 4 is 23.2 Å². The summed E-state index contributed by atoms with van der Waals surface area (Å²) >= 11 is 0. The van der Waals surface area contributed by atoms with E-state index in [1.807, 2.05) is 18.2 Å². The molecular weight excluding hydrogens is 334 g/mol. The van der Waals surface area contributed by atoms with Gasteiger partial charge in [0, 0.05) is 17.5 Å². The minimum Gasteiger partial charge on any atom is -0.497 e. The summed E-state index contributed by atoms with van der Waals surface area (Å²) in [7, 11) is 3.00. The Labute approximate surface area is 152 Å². The molecule has 0 radical (unpaired) electrons. The second kappa shape index (κ2) is 9.22. The molecule has 136 valence electrons. The van der Waals surface area contributed by atoms with Crippen molar-refractivity contribution in [3.63, 3.8) is 0 Å². The van der Waals surface area contributed by atoms with Crippen molar-refractivity contribution in [1.29, 1.82) is 0 Å². The third-order valence-electron chi connectivity index (χ3n) is 3.48. The summed E-state index contributed by atoms with van der Waals surface area (Å²) in [4.78, 5) is 24.2. The van der Waals surface area contributed by atoms with Crippen LogP contribution in [0.4, 0.5) is 5.69 Å². The molecule has 7 heteroatoms. The first-order valence-corrected chi connectivity index (χ1v) is 7.94. The fourth-order valence-corrected chi connectivity index (χ4v) is 2.19. The Bertz CT molecular complexity index is 804. The molecule has 0 fully saturated rings. The molecule has 7 nitrogen and oxygen atoms in total. The smallest absolute Gasteiger partial charge is 0.275 e. The zero-order valence-electron chi connectivity index (χ0n) is 14.9. The quantitative estimate of drug-likeness (QED) is 0.590. The number of rotatable bonds is 7. The minimum absolute atomic E-state index is 0.0644. The van der Waals surface area contributed by atoms with E-state index in [2.05, 4.69) is 15.8 Å². The van der Waals surface area contributed by atoms with Gasteiger partial charge in [-0.1, -0.05) is 18.2 Å². The molecular formula is C19H21N3O4. The molecule has 0 aliphatic carbocycles. The Morgan fingerprint density at radius 1 is 1.04 bits per heavy atom. The highest BCUT2D eigenvalue weighted by Gasteiger charge is 2.13. The van der Waals surface area contributed by atoms with E-state index in [1.54, 1.807) is 37.3 Å². The largest absolute Gasteiger partial charge is 0.497 e. The Kier molecular flexibility index (Phi) is 6.73. The van der Waals surface area contributed by atoms with Crippen molar-refractivity contribution in [2.75, 3.05) is 19.5 Å². The lowest BCUT2D eigenvalue weighted by Crippen LogP contribution is -2.22. The maximum atomic E-state index is 12.3. The second-order valence-corrected chi connectivity index (χ2v) is 5.45. The fraction of sp³-hybridized carbons (Fsp3) is 0.211. The molecule has 0 atom stereocenters. The van der Waals surface area contributed by atoms with Crippen LogP contribution in [0.1, 0.15) is 23.7 Å². The molecule has 2 N–H and O–H groups in total. The van der Waals surface area contributed by atoms with E-state index in [0.717, 1.165) is 0 Å². The number of nitrogens with zero attached hydrogens (tertiary/aromatic N) is 1. The van der Waals surface area contributed by atoms with Crippen molar-refractivity contribution < 1.29 is 19.1 Å². The highest BCUT2D eigenvalue weighted by molar-refractivity contribution is 6.06. The lowest BCUT2D eigenvalue weighted by atomic mass is 10.2. The van der Waals surface area contributed by atoms with Gasteiger partial charge in [0.05, 0.1) is 26.2 Å². The number of ether oxygens (including phenoxy) is 2. The number of amides is 2. The van der Waals surface area contributed by atoms with Crippen LogP contribution < -0.4 is 20.2 Å². The molecule has 2 aromatic carbocycles. The Morgan fingerprint density at radius 3 is 2.42 bits per heavy atom. The number of hydrogen-bond donors (Lipinski definition) is 2. The Morgan fingerprint density at radius 2 is 1.77 bits per heavy atom. The lowest BCUT2D eigenvalue weighted by molar-refractivity contribution is -0.115. The van der Waals surface area contributed by atoms with Crippen molar-refractivity contribution in [3.05, 3.63) is 54.1 Å². The monoisotopic (exact) mass is 355 g/mol. The number of hydrazone groups is 1. The van der Waals surface area contributed by atoms with Crippen molar-refractivity contribution in [3.8, 4) is 11.5 Å². The van der Waals surface area contributed by atoms with E-state index < -0.39 is 5.91 Å². The van der Waals surface area contributed by atoms with Crippen molar-refractivity contribution in [1.82, 2.24) is 5.43 Å². The van der Waals surface area contributed by atoms with E-state index in [-0.39, 0.29) is 12.3 Å². The first kappa shape index (κ1) is 19.0. The number of para-hydroxylation sites is 1. The minimum atomic E-state index is -0.438. The zero-order chi connectivity index (χ0) is 18.9. The summed E-state index contributed by atoms with van der Waals surface area (Å²) in [6.45, 7) is 1.66. The van der Waals surface area contributed by atoms with Crippen LogP contribution in [0.5, 0.6) is 11.5 Å². The number of methoxy groups -OCH3 is 2. The zero-order valence-corrected chi connectivity index (χ0v) is 14.9. The Balaban J connectivity index is 1.95. The highest BCUT2D eigenvalue weighted by Crippen LogP contribution is 2.24. The van der Waals surface area contributed by atoms with Gasteiger partial charge in [-0.15, -0.1) is 0 Å². The molecule has 0 aromatic heterocycles. The molecule has 2 rings (SSSR count). The van der Waals surface area contributed by atoms with Crippen molar-refractivity contribution in [2.24, 2.45) is 5.10 Å². The summed E-state index contributed by atoms with van der Waals surface area (Å²) < 4.78 is 10.3. The van der Waals surface area contributed by atoms with Crippen LogP contribution in [0.3, 0.4) is 0 Å². The van der Waals surface area contributed by atoms with Gasteiger partial charge in [0.1, 0.15) is 11.5 Å². The van der Waals surface area contributed by atoms with Gasteiger partial charge in [0.25, 0.3) is 5.91 Å².